The van der Waals surface area contributed by atoms with Gasteiger partial charge in [-0.25, -0.2) is 0 Å². The molecule has 0 aliphatic carbocycles. The molecule has 0 atom stereocenters. The molecule has 1 fully saturated rings. The third-order valence-corrected chi connectivity index (χ3v) is 5.47. The fraction of sp³-hybridized carbons (Fsp3) is 0.375. The van der Waals surface area contributed by atoms with E-state index in [0.29, 0.717) is 42.8 Å². The number of nitrogens with one attached hydrogen (secondary N) is 1. The normalized spacial score (nSPS) is 14.3. The minimum absolute atomic E-state index is 0.00427. The van der Waals surface area contributed by atoms with Gasteiger partial charge in [-0.15, -0.1) is 0 Å². The van der Waals surface area contributed by atoms with Crippen molar-refractivity contribution in [2.24, 2.45) is 0 Å². The summed E-state index contributed by atoms with van der Waals surface area (Å²) in [7, 11) is 1.59. The van der Waals surface area contributed by atoms with Gasteiger partial charge in [-0.2, -0.15) is 0 Å². The largest absolute Gasteiger partial charge is 0.497 e. The quantitative estimate of drug-likeness (QED) is 0.713. The highest BCUT2D eigenvalue weighted by atomic mass is 16.5. The lowest BCUT2D eigenvalue weighted by molar-refractivity contribution is -0.132. The molecule has 0 spiro atoms. The number of likely N-dealkylation sites (tertiary alicyclic amines) is 1. The minimum atomic E-state index is -0.119. The van der Waals surface area contributed by atoms with Crippen LogP contribution in [0.2, 0.25) is 0 Å². The number of methoxy groups -OCH3 is 1. The molecule has 6 heteroatoms. The van der Waals surface area contributed by atoms with Crippen molar-refractivity contribution in [1.82, 2.24) is 10.2 Å². The summed E-state index contributed by atoms with van der Waals surface area (Å²) < 4.78 is 5.11. The maximum absolute atomic E-state index is 12.5. The van der Waals surface area contributed by atoms with Crippen molar-refractivity contribution >= 4 is 17.6 Å². The number of hydrogen-bond acceptors (Lipinski definition) is 4. The van der Waals surface area contributed by atoms with Gasteiger partial charge in [0.1, 0.15) is 5.75 Å². The molecule has 6 nitrogen and oxygen atoms in total. The number of benzene rings is 2. The average Bonchev–Trinajstić information content (AvgIpc) is 2.78. The first-order valence-electron chi connectivity index (χ1n) is 10.3. The molecule has 3 rings (SSSR count). The Morgan fingerprint density at radius 2 is 1.53 bits per heavy atom. The molecular formula is C24H28N2O4. The van der Waals surface area contributed by atoms with E-state index in [0.717, 1.165) is 5.56 Å². The molecule has 1 N–H and O–H groups in total. The molecule has 1 aliphatic rings. The number of ether oxygens (including phenoxy) is 1. The molecular weight excluding hydrogens is 380 g/mol. The zero-order valence-corrected chi connectivity index (χ0v) is 17.5. The molecule has 0 bridgehead atoms. The van der Waals surface area contributed by atoms with Crippen LogP contribution in [0.4, 0.5) is 0 Å². The van der Waals surface area contributed by atoms with Crippen LogP contribution in [0, 0.1) is 6.92 Å². The Bertz CT molecular complexity index is 882. The monoisotopic (exact) mass is 408 g/mol. The zero-order valence-electron chi connectivity index (χ0n) is 17.5. The Kier molecular flexibility index (Phi) is 7.22. The fourth-order valence-corrected chi connectivity index (χ4v) is 3.55. The van der Waals surface area contributed by atoms with Crippen LogP contribution >= 0.6 is 0 Å². The predicted molar refractivity (Wildman–Crippen MR) is 115 cm³/mol. The lowest BCUT2D eigenvalue weighted by Crippen LogP contribution is -2.46. The van der Waals surface area contributed by atoms with E-state index in [2.05, 4.69) is 5.32 Å². The summed E-state index contributed by atoms with van der Waals surface area (Å²) in [5, 5.41) is 3.04. The maximum Gasteiger partial charge on any atom is 0.251 e. The Balaban J connectivity index is 1.41. The SMILES string of the molecule is COc1ccc(C(=O)NC2CCN(C(=O)CCC(=O)c3ccc(C)cc3)CC2)cc1. The number of aryl methyl sites for hydroxylation is 1. The van der Waals surface area contributed by atoms with Crippen molar-refractivity contribution in [1.29, 1.82) is 0 Å². The average molecular weight is 408 g/mol. The topological polar surface area (TPSA) is 75.7 Å². The van der Waals surface area contributed by atoms with Gasteiger partial charge in [-0.1, -0.05) is 29.8 Å². The van der Waals surface area contributed by atoms with E-state index in [-0.39, 0.29) is 36.5 Å². The Morgan fingerprint density at radius 1 is 0.933 bits per heavy atom. The summed E-state index contributed by atoms with van der Waals surface area (Å²) in [6, 6.07) is 14.4. The van der Waals surface area contributed by atoms with Crippen LogP contribution in [0.15, 0.2) is 48.5 Å². The van der Waals surface area contributed by atoms with Gasteiger partial charge in [0.2, 0.25) is 5.91 Å². The van der Waals surface area contributed by atoms with Crippen LogP contribution in [0.1, 0.15) is 52.0 Å². The van der Waals surface area contributed by atoms with Gasteiger partial charge in [0, 0.05) is 43.1 Å². The number of ketones is 1. The van der Waals surface area contributed by atoms with E-state index in [4.69, 9.17) is 4.74 Å². The van der Waals surface area contributed by atoms with Crippen LogP contribution in [0.25, 0.3) is 0 Å². The van der Waals surface area contributed by atoms with Crippen LogP contribution in [0.3, 0.4) is 0 Å². The second-order valence-corrected chi connectivity index (χ2v) is 7.65. The third-order valence-electron chi connectivity index (χ3n) is 5.47. The summed E-state index contributed by atoms with van der Waals surface area (Å²) in [6.45, 7) is 3.15. The van der Waals surface area contributed by atoms with Crippen molar-refractivity contribution in [2.75, 3.05) is 20.2 Å². The first-order chi connectivity index (χ1) is 14.5. The first kappa shape index (κ1) is 21.6. The van der Waals surface area contributed by atoms with E-state index in [9.17, 15) is 14.4 Å². The van der Waals surface area contributed by atoms with Crippen LogP contribution in [-0.4, -0.2) is 48.7 Å². The molecule has 0 saturated carbocycles. The number of carbonyl (C=O) groups excluding carboxylic acids is 3. The number of rotatable bonds is 7. The van der Waals surface area contributed by atoms with Gasteiger partial charge < -0.3 is 15.0 Å². The predicted octanol–water partition coefficient (Wildman–Crippen LogP) is 3.39. The molecule has 1 heterocycles. The van der Waals surface area contributed by atoms with Gasteiger partial charge >= 0.3 is 0 Å². The third kappa shape index (κ3) is 5.69. The Hall–Kier alpha value is -3.15. The number of Topliss-reactive ketones (excluding diaryl/α,β-unsaturated/α-hetero) is 1. The van der Waals surface area contributed by atoms with Gasteiger partial charge in [-0.3, -0.25) is 14.4 Å². The highest BCUT2D eigenvalue weighted by molar-refractivity contribution is 5.98. The molecule has 1 saturated heterocycles. The molecule has 0 radical (unpaired) electrons. The molecule has 0 aromatic heterocycles. The number of piperidine rings is 1. The molecule has 158 valence electrons. The molecule has 2 aromatic carbocycles. The van der Waals surface area contributed by atoms with Crippen molar-refractivity contribution in [3.05, 3.63) is 65.2 Å². The fourth-order valence-electron chi connectivity index (χ4n) is 3.55. The first-order valence-corrected chi connectivity index (χ1v) is 10.3. The van der Waals surface area contributed by atoms with E-state index in [1.807, 2.05) is 19.1 Å². The van der Waals surface area contributed by atoms with E-state index >= 15 is 0 Å². The molecule has 2 amide bonds. The molecule has 0 unspecified atom stereocenters. The Labute approximate surface area is 177 Å². The van der Waals surface area contributed by atoms with Crippen LogP contribution in [0.5, 0.6) is 5.75 Å². The van der Waals surface area contributed by atoms with Gasteiger partial charge in [0.15, 0.2) is 5.78 Å². The van der Waals surface area contributed by atoms with Crippen LogP contribution < -0.4 is 10.1 Å². The molecule has 1 aliphatic heterocycles. The summed E-state index contributed by atoms with van der Waals surface area (Å²) in [6.07, 6.45) is 1.85. The van der Waals surface area contributed by atoms with Gasteiger partial charge in [0.05, 0.1) is 7.11 Å². The number of nitrogens with zero attached hydrogens (tertiary/aromatic N) is 1. The second-order valence-electron chi connectivity index (χ2n) is 7.65. The molecule has 2 aromatic rings. The summed E-state index contributed by atoms with van der Waals surface area (Å²) in [5.74, 6) is 0.575. The van der Waals surface area contributed by atoms with Crippen molar-refractivity contribution < 1.29 is 19.1 Å². The van der Waals surface area contributed by atoms with E-state index in [1.54, 1.807) is 48.4 Å². The van der Waals surface area contributed by atoms with Gasteiger partial charge in [-0.05, 0) is 44.0 Å². The summed E-state index contributed by atoms with van der Waals surface area (Å²) in [4.78, 5) is 38.9. The van der Waals surface area contributed by atoms with Crippen molar-refractivity contribution in [3.63, 3.8) is 0 Å². The minimum Gasteiger partial charge on any atom is -0.497 e. The van der Waals surface area contributed by atoms with Crippen molar-refractivity contribution in [3.8, 4) is 5.75 Å². The number of hydrogen-bond donors (Lipinski definition) is 1. The number of carbonyl (C=O) groups is 3. The highest BCUT2D eigenvalue weighted by Crippen LogP contribution is 2.16. The maximum atomic E-state index is 12.5. The van der Waals surface area contributed by atoms with E-state index < -0.39 is 0 Å². The number of amides is 2. The second kappa shape index (κ2) is 10.1. The smallest absolute Gasteiger partial charge is 0.251 e. The van der Waals surface area contributed by atoms with Crippen molar-refractivity contribution in [2.45, 2.75) is 38.6 Å². The lowest BCUT2D eigenvalue weighted by atomic mass is 10.0. The molecule has 30 heavy (non-hydrogen) atoms. The Morgan fingerprint density at radius 3 is 2.13 bits per heavy atom. The summed E-state index contributed by atoms with van der Waals surface area (Å²) >= 11 is 0. The van der Waals surface area contributed by atoms with E-state index in [1.165, 1.54) is 0 Å². The highest BCUT2D eigenvalue weighted by Gasteiger charge is 2.24. The summed E-state index contributed by atoms with van der Waals surface area (Å²) in [5.41, 5.74) is 2.34. The standard InChI is InChI=1S/C24H28N2O4/c1-17-3-5-18(6-4-17)22(27)11-12-23(28)26-15-13-20(14-16-26)25-24(29)19-7-9-21(30-2)10-8-19/h3-10,20H,11-16H2,1-2H3,(H,25,29). The zero-order chi connectivity index (χ0) is 21.5. The van der Waals surface area contributed by atoms with Crippen LogP contribution in [-0.2, 0) is 4.79 Å². The lowest BCUT2D eigenvalue weighted by Gasteiger charge is -2.32. The van der Waals surface area contributed by atoms with Gasteiger partial charge in [0.25, 0.3) is 5.91 Å².